The van der Waals surface area contributed by atoms with Crippen molar-refractivity contribution in [2.24, 2.45) is 5.92 Å². The first kappa shape index (κ1) is 19.9. The zero-order chi connectivity index (χ0) is 19.9. The lowest BCUT2D eigenvalue weighted by Gasteiger charge is -2.22. The van der Waals surface area contributed by atoms with Gasteiger partial charge in [-0.15, -0.1) is 0 Å². The Kier molecular flexibility index (Phi) is 6.68. The first-order valence-corrected chi connectivity index (χ1v) is 9.81. The molecule has 0 bridgehead atoms. The molecular weight excluding hydrogens is 356 g/mol. The van der Waals surface area contributed by atoms with Crippen LogP contribution in [0.2, 0.25) is 0 Å². The van der Waals surface area contributed by atoms with E-state index in [0.29, 0.717) is 45.1 Å². The number of nitrogens with zero attached hydrogens (tertiary/aromatic N) is 4. The number of carbonyl (C=O) groups is 2. The molecule has 1 aliphatic heterocycles. The zero-order valence-corrected chi connectivity index (χ0v) is 16.6. The molecule has 2 aromatic rings. The van der Waals surface area contributed by atoms with Gasteiger partial charge in [0.25, 0.3) is 0 Å². The molecule has 1 aromatic heterocycles. The van der Waals surface area contributed by atoms with Crippen LogP contribution in [0.1, 0.15) is 25.8 Å². The SMILES string of the molecule is CC(C)COC(=O)N1CCCN(C(=O)Cc2ccc(-n3cccn3)cc2)CC1. The fourth-order valence-corrected chi connectivity index (χ4v) is 3.15. The van der Waals surface area contributed by atoms with Gasteiger partial charge in [0, 0.05) is 38.6 Å². The molecule has 28 heavy (non-hydrogen) atoms. The van der Waals surface area contributed by atoms with E-state index >= 15 is 0 Å². The molecule has 3 rings (SSSR count). The number of ether oxygens (including phenoxy) is 1. The molecule has 150 valence electrons. The van der Waals surface area contributed by atoms with Crippen molar-refractivity contribution in [3.8, 4) is 5.69 Å². The molecule has 1 aromatic carbocycles. The predicted octanol–water partition coefficient (Wildman–Crippen LogP) is 2.74. The molecule has 0 aliphatic carbocycles. The largest absolute Gasteiger partial charge is 0.449 e. The van der Waals surface area contributed by atoms with Crippen molar-refractivity contribution in [1.82, 2.24) is 19.6 Å². The summed E-state index contributed by atoms with van der Waals surface area (Å²) in [5, 5.41) is 4.20. The number of rotatable bonds is 5. The Balaban J connectivity index is 1.51. The van der Waals surface area contributed by atoms with Crippen LogP contribution in [0.3, 0.4) is 0 Å². The number of hydrogen-bond donors (Lipinski definition) is 0. The maximum atomic E-state index is 12.7. The van der Waals surface area contributed by atoms with Crippen LogP contribution in [0, 0.1) is 5.92 Å². The molecule has 7 heteroatoms. The molecule has 0 N–H and O–H groups in total. The molecule has 2 amide bonds. The number of amides is 2. The van der Waals surface area contributed by atoms with Crippen molar-refractivity contribution in [2.45, 2.75) is 26.7 Å². The van der Waals surface area contributed by atoms with Crippen LogP contribution < -0.4 is 0 Å². The number of hydrogen-bond acceptors (Lipinski definition) is 4. The molecule has 0 atom stereocenters. The highest BCUT2D eigenvalue weighted by atomic mass is 16.6. The molecule has 1 saturated heterocycles. The van der Waals surface area contributed by atoms with E-state index in [9.17, 15) is 9.59 Å². The highest BCUT2D eigenvalue weighted by Crippen LogP contribution is 2.12. The summed E-state index contributed by atoms with van der Waals surface area (Å²) in [4.78, 5) is 28.4. The molecule has 0 unspecified atom stereocenters. The van der Waals surface area contributed by atoms with Crippen molar-refractivity contribution in [2.75, 3.05) is 32.8 Å². The summed E-state index contributed by atoms with van der Waals surface area (Å²) >= 11 is 0. The van der Waals surface area contributed by atoms with E-state index in [1.54, 1.807) is 15.8 Å². The number of benzene rings is 1. The van der Waals surface area contributed by atoms with Gasteiger partial charge >= 0.3 is 6.09 Å². The van der Waals surface area contributed by atoms with E-state index in [2.05, 4.69) is 5.10 Å². The average molecular weight is 384 g/mol. The summed E-state index contributed by atoms with van der Waals surface area (Å²) in [6.45, 7) is 6.79. The summed E-state index contributed by atoms with van der Waals surface area (Å²) in [6, 6.07) is 9.72. The monoisotopic (exact) mass is 384 g/mol. The van der Waals surface area contributed by atoms with Gasteiger partial charge in [0.2, 0.25) is 5.91 Å². The van der Waals surface area contributed by atoms with E-state index < -0.39 is 0 Å². The quantitative estimate of drug-likeness (QED) is 0.795. The molecule has 7 nitrogen and oxygen atoms in total. The lowest BCUT2D eigenvalue weighted by Crippen LogP contribution is -2.38. The van der Waals surface area contributed by atoms with E-state index in [-0.39, 0.29) is 12.0 Å². The smallest absolute Gasteiger partial charge is 0.409 e. The van der Waals surface area contributed by atoms with Crippen LogP contribution in [0.25, 0.3) is 5.69 Å². The van der Waals surface area contributed by atoms with Crippen LogP contribution in [-0.4, -0.2) is 64.4 Å². The van der Waals surface area contributed by atoms with E-state index in [4.69, 9.17) is 4.74 Å². The minimum atomic E-state index is -0.280. The van der Waals surface area contributed by atoms with Crippen LogP contribution in [0.15, 0.2) is 42.7 Å². The molecular formula is C21H28N4O3. The van der Waals surface area contributed by atoms with Crippen LogP contribution in [0.5, 0.6) is 0 Å². The van der Waals surface area contributed by atoms with Gasteiger partial charge < -0.3 is 14.5 Å². The Morgan fingerprint density at radius 3 is 2.46 bits per heavy atom. The van der Waals surface area contributed by atoms with Gasteiger partial charge in [0.1, 0.15) is 0 Å². The highest BCUT2D eigenvalue weighted by Gasteiger charge is 2.23. The van der Waals surface area contributed by atoms with Gasteiger partial charge in [0.15, 0.2) is 0 Å². The third kappa shape index (κ3) is 5.34. The van der Waals surface area contributed by atoms with Gasteiger partial charge in [-0.3, -0.25) is 4.79 Å². The Hall–Kier alpha value is -2.83. The topological polar surface area (TPSA) is 67.7 Å². The third-order valence-electron chi connectivity index (χ3n) is 4.71. The van der Waals surface area contributed by atoms with E-state index in [1.165, 1.54) is 0 Å². The Morgan fingerprint density at radius 2 is 1.79 bits per heavy atom. The van der Waals surface area contributed by atoms with Gasteiger partial charge in [-0.2, -0.15) is 5.10 Å². The minimum Gasteiger partial charge on any atom is -0.449 e. The second-order valence-corrected chi connectivity index (χ2v) is 7.49. The van der Waals surface area contributed by atoms with Crippen molar-refractivity contribution in [3.05, 3.63) is 48.3 Å². The average Bonchev–Trinajstić information content (AvgIpc) is 3.10. The standard InChI is InChI=1S/C21H28N4O3/c1-17(2)16-28-21(27)24-11-4-10-23(13-14-24)20(26)15-18-5-7-19(8-6-18)25-12-3-9-22-25/h3,5-9,12,17H,4,10-11,13-16H2,1-2H3. The minimum absolute atomic E-state index is 0.0873. The summed E-state index contributed by atoms with van der Waals surface area (Å²) in [7, 11) is 0. The van der Waals surface area contributed by atoms with Crippen molar-refractivity contribution in [1.29, 1.82) is 0 Å². The van der Waals surface area contributed by atoms with Gasteiger partial charge in [-0.25, -0.2) is 9.48 Å². The first-order valence-electron chi connectivity index (χ1n) is 9.81. The molecule has 0 saturated carbocycles. The second-order valence-electron chi connectivity index (χ2n) is 7.49. The van der Waals surface area contributed by atoms with Crippen molar-refractivity contribution >= 4 is 12.0 Å². The summed E-state index contributed by atoms with van der Waals surface area (Å²) in [6.07, 6.45) is 4.46. The third-order valence-corrected chi connectivity index (χ3v) is 4.71. The van der Waals surface area contributed by atoms with Crippen molar-refractivity contribution < 1.29 is 14.3 Å². The fraction of sp³-hybridized carbons (Fsp3) is 0.476. The van der Waals surface area contributed by atoms with Crippen LogP contribution in [-0.2, 0) is 16.0 Å². The highest BCUT2D eigenvalue weighted by molar-refractivity contribution is 5.79. The van der Waals surface area contributed by atoms with Gasteiger partial charge in [0.05, 0.1) is 18.7 Å². The molecule has 1 aliphatic rings. The molecule has 1 fully saturated rings. The van der Waals surface area contributed by atoms with Gasteiger partial charge in [-0.05, 0) is 36.1 Å². The summed E-state index contributed by atoms with van der Waals surface area (Å²) in [5.41, 5.74) is 1.94. The molecule has 2 heterocycles. The lowest BCUT2D eigenvalue weighted by atomic mass is 10.1. The number of aromatic nitrogens is 2. The van der Waals surface area contributed by atoms with E-state index in [0.717, 1.165) is 17.7 Å². The summed E-state index contributed by atoms with van der Waals surface area (Å²) in [5.74, 6) is 0.401. The lowest BCUT2D eigenvalue weighted by molar-refractivity contribution is -0.130. The first-order chi connectivity index (χ1) is 13.5. The second kappa shape index (κ2) is 9.39. The Bertz CT molecular complexity index is 771. The predicted molar refractivity (Wildman–Crippen MR) is 106 cm³/mol. The van der Waals surface area contributed by atoms with Crippen LogP contribution in [0.4, 0.5) is 4.79 Å². The van der Waals surface area contributed by atoms with Gasteiger partial charge in [-0.1, -0.05) is 26.0 Å². The van der Waals surface area contributed by atoms with Crippen LogP contribution >= 0.6 is 0 Å². The maximum Gasteiger partial charge on any atom is 0.409 e. The normalized spacial score (nSPS) is 14.8. The zero-order valence-electron chi connectivity index (χ0n) is 16.6. The Morgan fingerprint density at radius 1 is 1.07 bits per heavy atom. The number of carbonyl (C=O) groups excluding carboxylic acids is 2. The maximum absolute atomic E-state index is 12.7. The van der Waals surface area contributed by atoms with E-state index in [1.807, 2.05) is 55.3 Å². The fourth-order valence-electron chi connectivity index (χ4n) is 3.15. The molecule has 0 spiro atoms. The molecule has 0 radical (unpaired) electrons. The van der Waals surface area contributed by atoms with Crippen molar-refractivity contribution in [3.63, 3.8) is 0 Å². The summed E-state index contributed by atoms with van der Waals surface area (Å²) < 4.78 is 7.09. The Labute approximate surface area is 165 Å².